The molecule has 1 aliphatic carbocycles. The molecule has 0 amide bonds. The number of esters is 1. The van der Waals surface area contributed by atoms with Gasteiger partial charge in [0.1, 0.15) is 5.75 Å². The number of hydrogen-bond acceptors (Lipinski definition) is 5. The summed E-state index contributed by atoms with van der Waals surface area (Å²) in [6, 6.07) is 17.6. The van der Waals surface area contributed by atoms with Gasteiger partial charge in [-0.25, -0.2) is 4.79 Å². The van der Waals surface area contributed by atoms with Crippen molar-refractivity contribution in [3.8, 4) is 5.75 Å². The molecule has 1 heterocycles. The monoisotopic (exact) mass is 473 g/mol. The van der Waals surface area contributed by atoms with Crippen LogP contribution in [0.3, 0.4) is 0 Å². The summed E-state index contributed by atoms with van der Waals surface area (Å²) in [5.74, 6) is -0.190. The van der Waals surface area contributed by atoms with Crippen LogP contribution in [-0.4, -0.2) is 24.5 Å². The van der Waals surface area contributed by atoms with Crippen molar-refractivity contribution in [2.75, 3.05) is 6.61 Å². The van der Waals surface area contributed by atoms with Crippen LogP contribution in [0, 0.1) is 5.41 Å². The van der Waals surface area contributed by atoms with Gasteiger partial charge in [-0.05, 0) is 44.2 Å². The molecule has 5 nitrogen and oxygen atoms in total. The maximum Gasteiger partial charge on any atom is 0.336 e. The fourth-order valence-corrected chi connectivity index (χ4v) is 5.08. The Morgan fingerprint density at radius 1 is 1.06 bits per heavy atom. The van der Waals surface area contributed by atoms with Crippen LogP contribution in [0.15, 0.2) is 77.1 Å². The summed E-state index contributed by atoms with van der Waals surface area (Å²) >= 11 is 0. The lowest BCUT2D eigenvalue weighted by atomic mass is 9.68. The van der Waals surface area contributed by atoms with Crippen molar-refractivity contribution in [1.29, 1.82) is 0 Å². The van der Waals surface area contributed by atoms with Gasteiger partial charge in [-0.15, -0.1) is 0 Å². The first-order valence-corrected chi connectivity index (χ1v) is 12.4. The third-order valence-corrected chi connectivity index (χ3v) is 6.52. The van der Waals surface area contributed by atoms with Crippen LogP contribution in [0.5, 0.6) is 5.75 Å². The summed E-state index contributed by atoms with van der Waals surface area (Å²) in [5.41, 5.74) is 4.54. The summed E-state index contributed by atoms with van der Waals surface area (Å²) in [6.07, 6.45) is 1.77. The van der Waals surface area contributed by atoms with Crippen LogP contribution in [0.2, 0.25) is 0 Å². The SMILES string of the molecule is CC1=C(C(=O)OCCc2ccccc2)C(c2ccccc2OC(C)C)C2=C(CC(C)(C)CC2=O)N1. The third kappa shape index (κ3) is 5.50. The number of hydrogen-bond donors (Lipinski definition) is 1. The molecule has 2 aromatic carbocycles. The Morgan fingerprint density at radius 2 is 1.74 bits per heavy atom. The van der Waals surface area contributed by atoms with Crippen molar-refractivity contribution >= 4 is 11.8 Å². The molecule has 35 heavy (non-hydrogen) atoms. The topological polar surface area (TPSA) is 64.6 Å². The number of carbonyl (C=O) groups is 2. The average Bonchev–Trinajstić information content (AvgIpc) is 2.78. The van der Waals surface area contributed by atoms with Gasteiger partial charge in [0.2, 0.25) is 0 Å². The Bertz CT molecular complexity index is 1170. The number of dihydropyridines is 1. The molecule has 2 aromatic rings. The van der Waals surface area contributed by atoms with Gasteiger partial charge in [0.15, 0.2) is 5.78 Å². The van der Waals surface area contributed by atoms with E-state index >= 15 is 0 Å². The lowest BCUT2D eigenvalue weighted by Crippen LogP contribution is -2.39. The van der Waals surface area contributed by atoms with E-state index in [2.05, 4.69) is 19.2 Å². The van der Waals surface area contributed by atoms with E-state index in [9.17, 15) is 9.59 Å². The summed E-state index contributed by atoms with van der Waals surface area (Å²) < 4.78 is 11.9. The second kappa shape index (κ2) is 10.1. The van der Waals surface area contributed by atoms with Crippen molar-refractivity contribution in [3.05, 3.63) is 88.3 Å². The molecule has 0 aromatic heterocycles. The molecule has 1 aliphatic heterocycles. The van der Waals surface area contributed by atoms with Gasteiger partial charge < -0.3 is 14.8 Å². The molecular weight excluding hydrogens is 438 g/mol. The van der Waals surface area contributed by atoms with Gasteiger partial charge in [-0.2, -0.15) is 0 Å². The van der Waals surface area contributed by atoms with Gasteiger partial charge in [0.05, 0.1) is 24.2 Å². The summed E-state index contributed by atoms with van der Waals surface area (Å²) in [7, 11) is 0. The number of para-hydroxylation sites is 1. The zero-order chi connectivity index (χ0) is 25.2. The Balaban J connectivity index is 1.72. The van der Waals surface area contributed by atoms with Gasteiger partial charge in [-0.1, -0.05) is 62.4 Å². The number of nitrogens with one attached hydrogen (secondary N) is 1. The lowest BCUT2D eigenvalue weighted by Gasteiger charge is -2.39. The zero-order valence-corrected chi connectivity index (χ0v) is 21.3. The highest BCUT2D eigenvalue weighted by Gasteiger charge is 2.44. The van der Waals surface area contributed by atoms with Gasteiger partial charge >= 0.3 is 5.97 Å². The van der Waals surface area contributed by atoms with Crippen molar-refractivity contribution in [2.45, 2.75) is 65.9 Å². The average molecular weight is 474 g/mol. The molecule has 5 heteroatoms. The smallest absolute Gasteiger partial charge is 0.336 e. The Labute approximate surface area is 208 Å². The number of benzene rings is 2. The normalized spacial score (nSPS) is 19.4. The predicted molar refractivity (Wildman–Crippen MR) is 137 cm³/mol. The Morgan fingerprint density at radius 3 is 2.46 bits per heavy atom. The quantitative estimate of drug-likeness (QED) is 0.510. The summed E-state index contributed by atoms with van der Waals surface area (Å²) in [5, 5.41) is 3.40. The fraction of sp³-hybridized carbons (Fsp3) is 0.400. The minimum absolute atomic E-state index is 0.0429. The lowest BCUT2D eigenvalue weighted by molar-refractivity contribution is -0.139. The van der Waals surface area contributed by atoms with E-state index in [1.54, 1.807) is 0 Å². The number of carbonyl (C=O) groups excluding carboxylic acids is 2. The molecule has 0 fully saturated rings. The molecular formula is C30H35NO4. The number of Topliss-reactive ketones (excluding diaryl/α,β-unsaturated/α-hetero) is 1. The molecule has 184 valence electrons. The van der Waals surface area contributed by atoms with E-state index in [1.165, 1.54) is 0 Å². The Kier molecular flexibility index (Phi) is 7.15. The van der Waals surface area contributed by atoms with E-state index in [-0.39, 0.29) is 23.9 Å². The third-order valence-electron chi connectivity index (χ3n) is 6.52. The molecule has 0 spiro atoms. The summed E-state index contributed by atoms with van der Waals surface area (Å²) in [4.78, 5) is 27.1. The van der Waals surface area contributed by atoms with E-state index in [0.29, 0.717) is 29.7 Å². The van der Waals surface area contributed by atoms with Crippen molar-refractivity contribution in [2.24, 2.45) is 5.41 Å². The Hall–Kier alpha value is -3.34. The zero-order valence-electron chi connectivity index (χ0n) is 21.3. The first-order chi connectivity index (χ1) is 16.7. The van der Waals surface area contributed by atoms with Crippen LogP contribution < -0.4 is 10.1 Å². The van der Waals surface area contributed by atoms with E-state index < -0.39 is 11.9 Å². The molecule has 1 N–H and O–H groups in total. The fourth-order valence-electron chi connectivity index (χ4n) is 5.08. The van der Waals surface area contributed by atoms with Gasteiger partial charge in [0, 0.05) is 35.4 Å². The highest BCUT2D eigenvalue weighted by atomic mass is 16.5. The second-order valence-corrected chi connectivity index (χ2v) is 10.5. The van der Waals surface area contributed by atoms with E-state index in [1.807, 2.05) is 75.4 Å². The molecule has 2 aliphatic rings. The van der Waals surface area contributed by atoms with Crippen LogP contribution >= 0.6 is 0 Å². The molecule has 0 saturated heterocycles. The first kappa shape index (κ1) is 24.8. The van der Waals surface area contributed by atoms with E-state index in [4.69, 9.17) is 9.47 Å². The van der Waals surface area contributed by atoms with Crippen LogP contribution in [-0.2, 0) is 20.7 Å². The van der Waals surface area contributed by atoms with Crippen molar-refractivity contribution < 1.29 is 19.1 Å². The van der Waals surface area contributed by atoms with Crippen LogP contribution in [0.4, 0.5) is 0 Å². The van der Waals surface area contributed by atoms with E-state index in [0.717, 1.165) is 28.9 Å². The largest absolute Gasteiger partial charge is 0.491 e. The number of ether oxygens (including phenoxy) is 2. The van der Waals surface area contributed by atoms with Crippen LogP contribution in [0.1, 0.15) is 64.5 Å². The molecule has 4 rings (SSSR count). The second-order valence-electron chi connectivity index (χ2n) is 10.5. The number of allylic oxidation sites excluding steroid dienone is 3. The molecule has 1 unspecified atom stereocenters. The minimum atomic E-state index is -0.533. The highest BCUT2D eigenvalue weighted by molar-refractivity contribution is 6.04. The maximum atomic E-state index is 13.5. The molecule has 0 saturated carbocycles. The number of rotatable bonds is 7. The molecule has 0 radical (unpaired) electrons. The van der Waals surface area contributed by atoms with Crippen LogP contribution in [0.25, 0.3) is 0 Å². The van der Waals surface area contributed by atoms with Crippen molar-refractivity contribution in [1.82, 2.24) is 5.32 Å². The summed E-state index contributed by atoms with van der Waals surface area (Å²) in [6.45, 7) is 10.3. The van der Waals surface area contributed by atoms with Gasteiger partial charge in [0.25, 0.3) is 0 Å². The van der Waals surface area contributed by atoms with Gasteiger partial charge in [-0.3, -0.25) is 4.79 Å². The maximum absolute atomic E-state index is 13.5. The number of ketones is 1. The predicted octanol–water partition coefficient (Wildman–Crippen LogP) is 5.86. The first-order valence-electron chi connectivity index (χ1n) is 12.4. The minimum Gasteiger partial charge on any atom is -0.491 e. The standard InChI is InChI=1S/C30H35NO4/c1-19(2)35-25-14-10-9-13-22(25)27-26(29(33)34-16-15-21-11-7-6-8-12-21)20(3)31-23-17-30(4,5)18-24(32)28(23)27/h6-14,19,27,31H,15-18H2,1-5H3. The molecule has 0 bridgehead atoms. The van der Waals surface area contributed by atoms with Crippen molar-refractivity contribution in [3.63, 3.8) is 0 Å². The highest BCUT2D eigenvalue weighted by Crippen LogP contribution is 2.48. The molecule has 1 atom stereocenters.